The summed E-state index contributed by atoms with van der Waals surface area (Å²) in [5.41, 5.74) is 1.34. The molecule has 1 saturated heterocycles. The Morgan fingerprint density at radius 1 is 1.50 bits per heavy atom. The second-order valence-electron chi connectivity index (χ2n) is 3.89. The van der Waals surface area contributed by atoms with Gasteiger partial charge in [0.1, 0.15) is 0 Å². The van der Waals surface area contributed by atoms with Crippen LogP contribution in [0.25, 0.3) is 0 Å². The normalized spacial score (nSPS) is 25.3. The molecule has 14 heavy (non-hydrogen) atoms. The number of unbranched alkanes of at least 4 members (excludes halogenated alkanes) is 2. The quantitative estimate of drug-likeness (QED) is 0.498. The van der Waals surface area contributed by atoms with Crippen LogP contribution >= 0.6 is 0 Å². The predicted octanol–water partition coefficient (Wildman–Crippen LogP) is 3.28. The molecule has 0 amide bonds. The van der Waals surface area contributed by atoms with Crippen molar-refractivity contribution in [2.45, 2.75) is 51.6 Å². The summed E-state index contributed by atoms with van der Waals surface area (Å²) in [7, 11) is 1.71. The molecule has 2 nitrogen and oxygen atoms in total. The van der Waals surface area contributed by atoms with Crippen molar-refractivity contribution in [3.63, 3.8) is 0 Å². The highest BCUT2D eigenvalue weighted by molar-refractivity contribution is 5.07. The van der Waals surface area contributed by atoms with E-state index in [1.165, 1.54) is 24.8 Å². The average molecular weight is 198 g/mol. The van der Waals surface area contributed by atoms with Crippen molar-refractivity contribution in [1.82, 2.24) is 0 Å². The Morgan fingerprint density at radius 2 is 2.36 bits per heavy atom. The fraction of sp³-hybridized carbons (Fsp3) is 0.833. The van der Waals surface area contributed by atoms with Gasteiger partial charge in [0, 0.05) is 6.61 Å². The van der Waals surface area contributed by atoms with E-state index >= 15 is 0 Å². The smallest absolute Gasteiger partial charge is 0.0842 e. The molecule has 1 unspecified atom stereocenters. The van der Waals surface area contributed by atoms with Crippen LogP contribution in [0.5, 0.6) is 0 Å². The van der Waals surface area contributed by atoms with E-state index in [9.17, 15) is 0 Å². The molecular weight excluding hydrogens is 176 g/mol. The first-order chi connectivity index (χ1) is 6.88. The molecule has 0 saturated carbocycles. The molecule has 0 N–H and O–H groups in total. The van der Waals surface area contributed by atoms with E-state index in [0.717, 1.165) is 25.9 Å². The Bertz CT molecular complexity index is 175. The van der Waals surface area contributed by atoms with E-state index in [1.54, 1.807) is 7.11 Å². The molecule has 1 aliphatic heterocycles. The van der Waals surface area contributed by atoms with Crippen molar-refractivity contribution >= 4 is 0 Å². The lowest BCUT2D eigenvalue weighted by atomic mass is 9.98. The van der Waals surface area contributed by atoms with E-state index < -0.39 is 0 Å². The van der Waals surface area contributed by atoms with Crippen LogP contribution in [0.4, 0.5) is 0 Å². The zero-order valence-electron chi connectivity index (χ0n) is 9.42. The SMILES string of the molecule is CCCCCC1OCCC/C1=C\OC. The zero-order chi connectivity index (χ0) is 10.2. The van der Waals surface area contributed by atoms with Crippen molar-refractivity contribution in [3.05, 3.63) is 11.8 Å². The van der Waals surface area contributed by atoms with Gasteiger partial charge in [-0.25, -0.2) is 0 Å². The third kappa shape index (κ3) is 3.70. The molecule has 0 aliphatic carbocycles. The molecule has 0 bridgehead atoms. The molecule has 1 fully saturated rings. The summed E-state index contributed by atoms with van der Waals surface area (Å²) in [6, 6.07) is 0. The molecule has 0 spiro atoms. The number of ether oxygens (including phenoxy) is 2. The highest BCUT2D eigenvalue weighted by Crippen LogP contribution is 2.24. The average Bonchev–Trinajstić information content (AvgIpc) is 2.21. The standard InChI is InChI=1S/C12H22O2/c1-3-4-5-8-12-11(10-13-2)7-6-9-14-12/h10,12H,3-9H2,1-2H3/b11-10+. The first-order valence-electron chi connectivity index (χ1n) is 5.71. The van der Waals surface area contributed by atoms with Crippen LogP contribution in [0.3, 0.4) is 0 Å². The minimum Gasteiger partial charge on any atom is -0.504 e. The van der Waals surface area contributed by atoms with Crippen molar-refractivity contribution in [2.75, 3.05) is 13.7 Å². The maximum atomic E-state index is 5.74. The molecule has 82 valence electrons. The molecule has 0 aromatic heterocycles. The maximum Gasteiger partial charge on any atom is 0.0842 e. The molecule has 2 heteroatoms. The Morgan fingerprint density at radius 3 is 3.07 bits per heavy atom. The zero-order valence-corrected chi connectivity index (χ0v) is 9.42. The van der Waals surface area contributed by atoms with E-state index in [-0.39, 0.29) is 0 Å². The highest BCUT2D eigenvalue weighted by atomic mass is 16.5. The topological polar surface area (TPSA) is 18.5 Å². The van der Waals surface area contributed by atoms with Gasteiger partial charge in [-0.05, 0) is 24.8 Å². The van der Waals surface area contributed by atoms with Crippen LogP contribution in [0, 0.1) is 0 Å². The predicted molar refractivity (Wildman–Crippen MR) is 58.2 cm³/mol. The minimum absolute atomic E-state index is 0.329. The summed E-state index contributed by atoms with van der Waals surface area (Å²) >= 11 is 0. The molecule has 1 atom stereocenters. The number of hydrogen-bond acceptors (Lipinski definition) is 2. The van der Waals surface area contributed by atoms with Crippen LogP contribution in [0.1, 0.15) is 45.4 Å². The summed E-state index contributed by atoms with van der Waals surface area (Å²) in [5, 5.41) is 0. The minimum atomic E-state index is 0.329. The molecule has 1 heterocycles. The van der Waals surface area contributed by atoms with E-state index in [4.69, 9.17) is 9.47 Å². The largest absolute Gasteiger partial charge is 0.504 e. The van der Waals surface area contributed by atoms with Gasteiger partial charge in [0.25, 0.3) is 0 Å². The monoisotopic (exact) mass is 198 g/mol. The van der Waals surface area contributed by atoms with Gasteiger partial charge < -0.3 is 9.47 Å². The Labute approximate surface area is 87.3 Å². The summed E-state index contributed by atoms with van der Waals surface area (Å²) in [4.78, 5) is 0. The van der Waals surface area contributed by atoms with Crippen LogP contribution < -0.4 is 0 Å². The van der Waals surface area contributed by atoms with Crippen molar-refractivity contribution in [3.8, 4) is 0 Å². The van der Waals surface area contributed by atoms with Gasteiger partial charge in [0.2, 0.25) is 0 Å². The van der Waals surface area contributed by atoms with E-state index in [1.807, 2.05) is 6.26 Å². The van der Waals surface area contributed by atoms with Crippen molar-refractivity contribution in [1.29, 1.82) is 0 Å². The maximum absolute atomic E-state index is 5.74. The van der Waals surface area contributed by atoms with E-state index in [2.05, 4.69) is 6.92 Å². The van der Waals surface area contributed by atoms with Gasteiger partial charge in [-0.3, -0.25) is 0 Å². The highest BCUT2D eigenvalue weighted by Gasteiger charge is 2.19. The van der Waals surface area contributed by atoms with Gasteiger partial charge in [-0.2, -0.15) is 0 Å². The van der Waals surface area contributed by atoms with Crippen LogP contribution in [-0.2, 0) is 9.47 Å². The van der Waals surface area contributed by atoms with Crippen LogP contribution in [0.15, 0.2) is 11.8 Å². The van der Waals surface area contributed by atoms with Crippen LogP contribution in [0.2, 0.25) is 0 Å². The molecular formula is C12H22O2. The lowest BCUT2D eigenvalue weighted by Crippen LogP contribution is -2.22. The van der Waals surface area contributed by atoms with Crippen molar-refractivity contribution < 1.29 is 9.47 Å². The number of rotatable bonds is 5. The molecule has 0 aromatic carbocycles. The van der Waals surface area contributed by atoms with Crippen LogP contribution in [-0.4, -0.2) is 19.8 Å². The first-order valence-corrected chi connectivity index (χ1v) is 5.71. The summed E-state index contributed by atoms with van der Waals surface area (Å²) in [6.45, 7) is 3.14. The lowest BCUT2D eigenvalue weighted by molar-refractivity contribution is 0.0432. The van der Waals surface area contributed by atoms with Gasteiger partial charge in [-0.15, -0.1) is 0 Å². The fourth-order valence-corrected chi connectivity index (χ4v) is 1.90. The molecule has 1 rings (SSSR count). The number of hydrogen-bond donors (Lipinski definition) is 0. The first kappa shape index (κ1) is 11.6. The second-order valence-corrected chi connectivity index (χ2v) is 3.89. The Kier molecular flexibility index (Phi) is 5.69. The fourth-order valence-electron chi connectivity index (χ4n) is 1.90. The van der Waals surface area contributed by atoms with E-state index in [0.29, 0.717) is 6.10 Å². The number of methoxy groups -OCH3 is 1. The summed E-state index contributed by atoms with van der Waals surface area (Å²) < 4.78 is 10.8. The lowest BCUT2D eigenvalue weighted by Gasteiger charge is -2.25. The van der Waals surface area contributed by atoms with Gasteiger partial charge in [0.05, 0.1) is 19.5 Å². The van der Waals surface area contributed by atoms with Gasteiger partial charge in [0.15, 0.2) is 0 Å². The molecule has 0 aromatic rings. The molecule has 1 aliphatic rings. The van der Waals surface area contributed by atoms with Gasteiger partial charge in [-0.1, -0.05) is 26.2 Å². The van der Waals surface area contributed by atoms with Gasteiger partial charge >= 0.3 is 0 Å². The van der Waals surface area contributed by atoms with Crippen molar-refractivity contribution in [2.24, 2.45) is 0 Å². The molecule has 0 radical (unpaired) electrons. The summed E-state index contributed by atoms with van der Waals surface area (Å²) in [5.74, 6) is 0. The Balaban J connectivity index is 2.34. The summed E-state index contributed by atoms with van der Waals surface area (Å²) in [6.07, 6.45) is 9.48. The second kappa shape index (κ2) is 6.88. The third-order valence-electron chi connectivity index (χ3n) is 2.68. The third-order valence-corrected chi connectivity index (χ3v) is 2.68. The Hall–Kier alpha value is -0.500.